The fraction of sp³-hybridized carbons (Fsp3) is 0.684. The summed E-state index contributed by atoms with van der Waals surface area (Å²) in [5, 5.41) is 3.75. The fourth-order valence-corrected chi connectivity index (χ4v) is 3.39. The fourth-order valence-electron chi connectivity index (χ4n) is 3.39. The summed E-state index contributed by atoms with van der Waals surface area (Å²) in [4.78, 5) is 2.66. The average Bonchev–Trinajstić information content (AvgIpc) is 2.38. The van der Waals surface area contributed by atoms with Crippen LogP contribution >= 0.6 is 0 Å². The summed E-state index contributed by atoms with van der Waals surface area (Å²) >= 11 is 0. The third-order valence-electron chi connectivity index (χ3n) is 5.31. The lowest BCUT2D eigenvalue weighted by molar-refractivity contribution is 0.0243. The van der Waals surface area contributed by atoms with Crippen LogP contribution in [0.3, 0.4) is 0 Å². The second-order valence-corrected chi connectivity index (χ2v) is 7.81. The van der Waals surface area contributed by atoms with Crippen molar-refractivity contribution in [3.8, 4) is 0 Å². The number of aryl methyl sites for hydroxylation is 3. The van der Waals surface area contributed by atoms with Gasteiger partial charge in [0.1, 0.15) is 0 Å². The first-order chi connectivity index (χ1) is 9.67. The molecule has 1 heterocycles. The number of piperazine rings is 1. The minimum atomic E-state index is 0.207. The van der Waals surface area contributed by atoms with E-state index in [1.165, 1.54) is 28.7 Å². The van der Waals surface area contributed by atoms with Gasteiger partial charge in [-0.1, -0.05) is 24.6 Å². The molecule has 1 N–H and O–H groups in total. The first kappa shape index (κ1) is 16.5. The minimum Gasteiger partial charge on any atom is -0.308 e. The van der Waals surface area contributed by atoms with Crippen molar-refractivity contribution in [2.24, 2.45) is 0 Å². The van der Waals surface area contributed by atoms with E-state index < -0.39 is 0 Å². The van der Waals surface area contributed by atoms with Gasteiger partial charge >= 0.3 is 0 Å². The minimum absolute atomic E-state index is 0.207. The van der Waals surface area contributed by atoms with Crippen LogP contribution in [-0.4, -0.2) is 29.1 Å². The Kier molecular flexibility index (Phi) is 4.51. The van der Waals surface area contributed by atoms with Crippen LogP contribution in [0, 0.1) is 20.8 Å². The molecule has 0 bridgehead atoms. The molecule has 0 aliphatic carbocycles. The second-order valence-electron chi connectivity index (χ2n) is 7.81. The summed E-state index contributed by atoms with van der Waals surface area (Å²) < 4.78 is 0. The van der Waals surface area contributed by atoms with E-state index in [1.54, 1.807) is 0 Å². The maximum absolute atomic E-state index is 3.75. The first-order valence-electron chi connectivity index (χ1n) is 8.24. The Morgan fingerprint density at radius 1 is 1.10 bits per heavy atom. The molecule has 1 aliphatic rings. The van der Waals surface area contributed by atoms with Crippen LogP contribution in [0.15, 0.2) is 12.1 Å². The standard InChI is InChI=1S/C19H32N2/c1-8-19(7)13-21(18(5,6)12-20-19)11-17-15(3)9-14(2)10-16(17)4/h9-10,20H,8,11-13H2,1-7H3. The second kappa shape index (κ2) is 5.73. The molecule has 1 atom stereocenters. The number of hydrogen-bond acceptors (Lipinski definition) is 2. The molecule has 0 radical (unpaired) electrons. The maximum atomic E-state index is 3.75. The summed E-state index contributed by atoms with van der Waals surface area (Å²) in [6.07, 6.45) is 1.17. The molecular weight excluding hydrogens is 256 g/mol. The zero-order valence-electron chi connectivity index (χ0n) is 14.9. The normalized spacial score (nSPS) is 26.0. The van der Waals surface area contributed by atoms with Gasteiger partial charge in [0, 0.05) is 30.7 Å². The van der Waals surface area contributed by atoms with E-state index in [0.29, 0.717) is 0 Å². The molecule has 21 heavy (non-hydrogen) atoms. The molecule has 118 valence electrons. The van der Waals surface area contributed by atoms with Gasteiger partial charge in [-0.3, -0.25) is 4.90 Å². The monoisotopic (exact) mass is 288 g/mol. The van der Waals surface area contributed by atoms with Gasteiger partial charge in [0.2, 0.25) is 0 Å². The maximum Gasteiger partial charge on any atom is 0.0282 e. The Bertz CT molecular complexity index is 495. The molecule has 2 heteroatoms. The van der Waals surface area contributed by atoms with Crippen molar-refractivity contribution in [1.29, 1.82) is 0 Å². The van der Waals surface area contributed by atoms with Gasteiger partial charge in [0.15, 0.2) is 0 Å². The molecule has 1 aromatic rings. The Hall–Kier alpha value is -0.860. The van der Waals surface area contributed by atoms with Crippen LogP contribution in [0.5, 0.6) is 0 Å². The molecule has 0 amide bonds. The van der Waals surface area contributed by atoms with Crippen LogP contribution in [-0.2, 0) is 6.54 Å². The Morgan fingerprint density at radius 3 is 2.19 bits per heavy atom. The summed E-state index contributed by atoms with van der Waals surface area (Å²) in [7, 11) is 0. The smallest absolute Gasteiger partial charge is 0.0282 e. The molecule has 1 unspecified atom stereocenters. The predicted octanol–water partition coefficient (Wildman–Crippen LogP) is 3.96. The average molecular weight is 288 g/mol. The van der Waals surface area contributed by atoms with E-state index in [4.69, 9.17) is 0 Å². The van der Waals surface area contributed by atoms with E-state index in [2.05, 4.69) is 70.8 Å². The highest BCUT2D eigenvalue weighted by atomic mass is 15.3. The van der Waals surface area contributed by atoms with E-state index in [-0.39, 0.29) is 11.1 Å². The van der Waals surface area contributed by atoms with E-state index in [0.717, 1.165) is 19.6 Å². The molecule has 2 rings (SSSR count). The summed E-state index contributed by atoms with van der Waals surface area (Å²) in [6, 6.07) is 4.63. The molecule has 1 aliphatic heterocycles. The van der Waals surface area contributed by atoms with Gasteiger partial charge in [-0.05, 0) is 64.7 Å². The van der Waals surface area contributed by atoms with Crippen molar-refractivity contribution in [2.45, 2.75) is 72.5 Å². The van der Waals surface area contributed by atoms with Gasteiger partial charge < -0.3 is 5.32 Å². The van der Waals surface area contributed by atoms with Crippen molar-refractivity contribution in [2.75, 3.05) is 13.1 Å². The van der Waals surface area contributed by atoms with Crippen molar-refractivity contribution in [3.05, 3.63) is 34.4 Å². The molecule has 0 saturated carbocycles. The van der Waals surface area contributed by atoms with Crippen LogP contribution in [0.2, 0.25) is 0 Å². The third-order valence-corrected chi connectivity index (χ3v) is 5.31. The summed E-state index contributed by atoms with van der Waals surface area (Å²) in [6.45, 7) is 19.3. The SMILES string of the molecule is CCC1(C)CN(Cc2c(C)cc(C)cc2C)C(C)(C)CN1. The lowest BCUT2D eigenvalue weighted by Crippen LogP contribution is -2.66. The molecule has 1 aromatic carbocycles. The third kappa shape index (κ3) is 3.49. The van der Waals surface area contributed by atoms with E-state index in [9.17, 15) is 0 Å². The predicted molar refractivity (Wildman–Crippen MR) is 91.8 cm³/mol. The van der Waals surface area contributed by atoms with Gasteiger partial charge in [0.05, 0.1) is 0 Å². The van der Waals surface area contributed by atoms with Gasteiger partial charge in [-0.15, -0.1) is 0 Å². The highest BCUT2D eigenvalue weighted by molar-refractivity contribution is 5.37. The highest BCUT2D eigenvalue weighted by Gasteiger charge is 2.39. The van der Waals surface area contributed by atoms with Crippen LogP contribution < -0.4 is 5.32 Å². The van der Waals surface area contributed by atoms with Crippen molar-refractivity contribution >= 4 is 0 Å². The molecule has 1 fully saturated rings. The van der Waals surface area contributed by atoms with Gasteiger partial charge in [-0.25, -0.2) is 0 Å². The van der Waals surface area contributed by atoms with Gasteiger partial charge in [0.25, 0.3) is 0 Å². The molecule has 0 spiro atoms. The molecular formula is C19H32N2. The van der Waals surface area contributed by atoms with Crippen molar-refractivity contribution in [1.82, 2.24) is 10.2 Å². The molecule has 2 nitrogen and oxygen atoms in total. The quantitative estimate of drug-likeness (QED) is 0.905. The largest absolute Gasteiger partial charge is 0.308 e. The number of hydrogen-bond donors (Lipinski definition) is 1. The van der Waals surface area contributed by atoms with Gasteiger partial charge in [-0.2, -0.15) is 0 Å². The molecule has 0 aromatic heterocycles. The topological polar surface area (TPSA) is 15.3 Å². The number of nitrogens with one attached hydrogen (secondary N) is 1. The van der Waals surface area contributed by atoms with Crippen LogP contribution in [0.4, 0.5) is 0 Å². The highest BCUT2D eigenvalue weighted by Crippen LogP contribution is 2.29. The summed E-state index contributed by atoms with van der Waals surface area (Å²) in [5.41, 5.74) is 6.18. The van der Waals surface area contributed by atoms with Crippen molar-refractivity contribution < 1.29 is 0 Å². The Morgan fingerprint density at radius 2 is 1.67 bits per heavy atom. The van der Waals surface area contributed by atoms with E-state index >= 15 is 0 Å². The zero-order valence-corrected chi connectivity index (χ0v) is 14.9. The number of benzene rings is 1. The zero-order chi connectivity index (χ0) is 15.8. The number of rotatable bonds is 3. The van der Waals surface area contributed by atoms with Crippen LogP contribution in [0.1, 0.15) is 56.4 Å². The van der Waals surface area contributed by atoms with Crippen LogP contribution in [0.25, 0.3) is 0 Å². The summed E-state index contributed by atoms with van der Waals surface area (Å²) in [5.74, 6) is 0. The Labute approximate surface area is 130 Å². The van der Waals surface area contributed by atoms with E-state index in [1.807, 2.05) is 0 Å². The van der Waals surface area contributed by atoms with Crippen molar-refractivity contribution in [3.63, 3.8) is 0 Å². The molecule has 1 saturated heterocycles. The lowest BCUT2D eigenvalue weighted by atomic mass is 9.87. The first-order valence-corrected chi connectivity index (χ1v) is 8.24. The Balaban J connectivity index is 2.28. The number of nitrogens with zero attached hydrogens (tertiary/aromatic N) is 1. The lowest BCUT2D eigenvalue weighted by Gasteiger charge is -2.51.